The molecule has 120 valence electrons. The lowest BCUT2D eigenvalue weighted by atomic mass is 10.0. The van der Waals surface area contributed by atoms with Crippen molar-refractivity contribution < 1.29 is 4.39 Å². The van der Waals surface area contributed by atoms with Crippen molar-refractivity contribution in [1.29, 1.82) is 0 Å². The Hall–Kier alpha value is -0.930. The first kappa shape index (κ1) is 18.1. The Morgan fingerprint density at radius 2 is 1.62 bits per heavy atom. The number of nitrogens with one attached hydrogen (secondary N) is 1. The van der Waals surface area contributed by atoms with E-state index in [1.807, 2.05) is 19.2 Å². The van der Waals surface area contributed by atoms with E-state index in [-0.39, 0.29) is 11.9 Å². The number of rotatable bonds is 9. The SMILES string of the molecule is CNC(CCN(CC(C)C)CC(C)C)c1ccccc1F. The Labute approximate surface area is 129 Å². The van der Waals surface area contributed by atoms with Crippen molar-refractivity contribution in [1.82, 2.24) is 10.2 Å². The van der Waals surface area contributed by atoms with E-state index in [1.165, 1.54) is 0 Å². The molecule has 0 spiro atoms. The van der Waals surface area contributed by atoms with Crippen LogP contribution in [0.15, 0.2) is 24.3 Å². The van der Waals surface area contributed by atoms with Crippen LogP contribution in [0.4, 0.5) is 4.39 Å². The molecule has 1 rings (SSSR count). The lowest BCUT2D eigenvalue weighted by Gasteiger charge is -2.28. The topological polar surface area (TPSA) is 15.3 Å². The van der Waals surface area contributed by atoms with E-state index in [2.05, 4.69) is 37.9 Å². The molecule has 2 nitrogen and oxygen atoms in total. The van der Waals surface area contributed by atoms with Gasteiger partial charge in [0.05, 0.1) is 0 Å². The van der Waals surface area contributed by atoms with Gasteiger partial charge in [-0.2, -0.15) is 0 Å². The highest BCUT2D eigenvalue weighted by Gasteiger charge is 2.16. The van der Waals surface area contributed by atoms with Gasteiger partial charge in [0.1, 0.15) is 5.82 Å². The summed E-state index contributed by atoms with van der Waals surface area (Å²) >= 11 is 0. The molecule has 0 heterocycles. The van der Waals surface area contributed by atoms with E-state index in [0.29, 0.717) is 11.8 Å². The fourth-order valence-corrected chi connectivity index (χ4v) is 2.81. The molecule has 1 N–H and O–H groups in total. The van der Waals surface area contributed by atoms with Crippen LogP contribution in [-0.4, -0.2) is 31.6 Å². The van der Waals surface area contributed by atoms with Crippen molar-refractivity contribution >= 4 is 0 Å². The molecule has 3 heteroatoms. The van der Waals surface area contributed by atoms with Gasteiger partial charge in [0.15, 0.2) is 0 Å². The molecule has 0 aliphatic rings. The average Bonchev–Trinajstić information content (AvgIpc) is 2.39. The van der Waals surface area contributed by atoms with Crippen LogP contribution in [0.5, 0.6) is 0 Å². The molecule has 1 aromatic rings. The molecule has 0 bridgehead atoms. The first-order valence-corrected chi connectivity index (χ1v) is 8.08. The van der Waals surface area contributed by atoms with Crippen molar-refractivity contribution in [2.75, 3.05) is 26.7 Å². The van der Waals surface area contributed by atoms with Gasteiger partial charge >= 0.3 is 0 Å². The molecule has 1 aromatic carbocycles. The van der Waals surface area contributed by atoms with Gasteiger partial charge in [-0.1, -0.05) is 45.9 Å². The second kappa shape index (κ2) is 9.16. The molecular formula is C18H31FN2. The highest BCUT2D eigenvalue weighted by Crippen LogP contribution is 2.20. The standard InChI is InChI=1S/C18H31FN2/c1-14(2)12-21(13-15(3)4)11-10-18(20-5)16-8-6-7-9-17(16)19/h6-9,14-15,18,20H,10-13H2,1-5H3. The third-order valence-corrected chi connectivity index (χ3v) is 3.61. The first-order valence-electron chi connectivity index (χ1n) is 8.08. The smallest absolute Gasteiger partial charge is 0.127 e. The van der Waals surface area contributed by atoms with Crippen LogP contribution in [0.1, 0.15) is 45.7 Å². The van der Waals surface area contributed by atoms with Crippen molar-refractivity contribution in [2.24, 2.45) is 11.8 Å². The number of hydrogen-bond acceptors (Lipinski definition) is 2. The van der Waals surface area contributed by atoms with Crippen LogP contribution in [0.3, 0.4) is 0 Å². The second-order valence-corrected chi connectivity index (χ2v) is 6.70. The van der Waals surface area contributed by atoms with Crippen molar-refractivity contribution in [3.63, 3.8) is 0 Å². The molecule has 0 amide bonds. The second-order valence-electron chi connectivity index (χ2n) is 6.70. The predicted octanol–water partition coefficient (Wildman–Crippen LogP) is 4.09. The highest BCUT2D eigenvalue weighted by molar-refractivity contribution is 5.21. The minimum atomic E-state index is -0.115. The summed E-state index contributed by atoms with van der Waals surface area (Å²) < 4.78 is 13.9. The van der Waals surface area contributed by atoms with E-state index in [9.17, 15) is 4.39 Å². The maximum atomic E-state index is 13.9. The third-order valence-electron chi connectivity index (χ3n) is 3.61. The Morgan fingerprint density at radius 3 is 2.10 bits per heavy atom. The van der Waals surface area contributed by atoms with Gasteiger partial charge in [-0.15, -0.1) is 0 Å². The van der Waals surface area contributed by atoms with Gasteiger partial charge < -0.3 is 10.2 Å². The van der Waals surface area contributed by atoms with E-state index in [1.54, 1.807) is 12.1 Å². The number of benzene rings is 1. The zero-order valence-electron chi connectivity index (χ0n) is 14.2. The zero-order valence-corrected chi connectivity index (χ0v) is 14.2. The fourth-order valence-electron chi connectivity index (χ4n) is 2.81. The highest BCUT2D eigenvalue weighted by atomic mass is 19.1. The van der Waals surface area contributed by atoms with E-state index in [0.717, 1.165) is 31.6 Å². The lowest BCUT2D eigenvalue weighted by Crippen LogP contribution is -2.34. The predicted molar refractivity (Wildman–Crippen MR) is 88.9 cm³/mol. The van der Waals surface area contributed by atoms with Crippen molar-refractivity contribution in [3.05, 3.63) is 35.6 Å². The molecular weight excluding hydrogens is 263 g/mol. The summed E-state index contributed by atoms with van der Waals surface area (Å²) in [4.78, 5) is 2.50. The third kappa shape index (κ3) is 6.58. The van der Waals surface area contributed by atoms with Crippen LogP contribution in [0.2, 0.25) is 0 Å². The monoisotopic (exact) mass is 294 g/mol. The molecule has 0 aliphatic carbocycles. The van der Waals surface area contributed by atoms with Crippen LogP contribution in [0, 0.1) is 17.7 Å². The van der Waals surface area contributed by atoms with E-state index < -0.39 is 0 Å². The van der Waals surface area contributed by atoms with Crippen LogP contribution in [-0.2, 0) is 0 Å². The summed E-state index contributed by atoms with van der Waals surface area (Å²) in [5.74, 6) is 1.20. The number of nitrogens with zero attached hydrogens (tertiary/aromatic N) is 1. The minimum absolute atomic E-state index is 0.0769. The van der Waals surface area contributed by atoms with Crippen LogP contribution >= 0.6 is 0 Å². The molecule has 21 heavy (non-hydrogen) atoms. The minimum Gasteiger partial charge on any atom is -0.313 e. The summed E-state index contributed by atoms with van der Waals surface area (Å²) in [6.07, 6.45) is 0.927. The van der Waals surface area contributed by atoms with Gasteiger partial charge in [0.25, 0.3) is 0 Å². The molecule has 1 unspecified atom stereocenters. The van der Waals surface area contributed by atoms with E-state index >= 15 is 0 Å². The van der Waals surface area contributed by atoms with Gasteiger partial charge in [-0.25, -0.2) is 4.39 Å². The van der Waals surface area contributed by atoms with Crippen LogP contribution in [0.25, 0.3) is 0 Å². The maximum Gasteiger partial charge on any atom is 0.127 e. The van der Waals surface area contributed by atoms with Gasteiger partial charge in [-0.05, 0) is 37.9 Å². The first-order chi connectivity index (χ1) is 9.93. The lowest BCUT2D eigenvalue weighted by molar-refractivity contribution is 0.209. The van der Waals surface area contributed by atoms with Crippen LogP contribution < -0.4 is 5.32 Å². The van der Waals surface area contributed by atoms with Gasteiger partial charge in [-0.3, -0.25) is 0 Å². The normalized spacial score (nSPS) is 13.4. The summed E-state index contributed by atoms with van der Waals surface area (Å²) in [7, 11) is 1.91. The summed E-state index contributed by atoms with van der Waals surface area (Å²) in [6.45, 7) is 12.2. The number of hydrogen-bond donors (Lipinski definition) is 1. The summed E-state index contributed by atoms with van der Waals surface area (Å²) in [5.41, 5.74) is 0.772. The summed E-state index contributed by atoms with van der Waals surface area (Å²) in [6, 6.07) is 7.15. The Balaban J connectivity index is 2.65. The maximum absolute atomic E-state index is 13.9. The van der Waals surface area contributed by atoms with Gasteiger partial charge in [0, 0.05) is 24.7 Å². The summed E-state index contributed by atoms with van der Waals surface area (Å²) in [5, 5.41) is 3.25. The fraction of sp³-hybridized carbons (Fsp3) is 0.667. The van der Waals surface area contributed by atoms with Crippen molar-refractivity contribution in [2.45, 2.75) is 40.2 Å². The quantitative estimate of drug-likeness (QED) is 0.738. The zero-order chi connectivity index (χ0) is 15.8. The molecule has 0 aromatic heterocycles. The Kier molecular flexibility index (Phi) is 7.91. The number of halogens is 1. The molecule has 1 atom stereocenters. The molecule has 0 saturated heterocycles. The van der Waals surface area contributed by atoms with E-state index in [4.69, 9.17) is 0 Å². The van der Waals surface area contributed by atoms with Crippen molar-refractivity contribution in [3.8, 4) is 0 Å². The molecule has 0 aliphatic heterocycles. The molecule has 0 fully saturated rings. The largest absolute Gasteiger partial charge is 0.313 e. The molecule has 0 radical (unpaired) electrons. The molecule has 0 saturated carbocycles. The van der Waals surface area contributed by atoms with Gasteiger partial charge in [0.2, 0.25) is 0 Å². The average molecular weight is 294 g/mol. The Bertz CT molecular complexity index is 394. The Morgan fingerprint density at radius 1 is 1.05 bits per heavy atom.